The van der Waals surface area contributed by atoms with Crippen LogP contribution in [-0.4, -0.2) is 36.1 Å². The van der Waals surface area contributed by atoms with Crippen LogP contribution in [-0.2, 0) is 6.54 Å². The highest BCUT2D eigenvalue weighted by atomic mass is 15.1. The molecule has 1 fully saturated rings. The lowest BCUT2D eigenvalue weighted by Gasteiger charge is -2.37. The third kappa shape index (κ3) is 3.54. The predicted octanol–water partition coefficient (Wildman–Crippen LogP) is 2.54. The number of nitrogens with zero attached hydrogens (tertiary/aromatic N) is 2. The fourth-order valence-electron chi connectivity index (χ4n) is 3.02. The van der Waals surface area contributed by atoms with Crippen LogP contribution in [0.2, 0.25) is 0 Å². The fraction of sp³-hybridized carbons (Fsp3) is 0.688. The molecule has 2 heterocycles. The van der Waals surface area contributed by atoms with E-state index in [1.165, 1.54) is 25.2 Å². The Hall–Kier alpha value is -0.930. The van der Waals surface area contributed by atoms with Crippen LogP contribution < -0.4 is 5.32 Å². The van der Waals surface area contributed by atoms with Crippen LogP contribution in [0.25, 0.3) is 0 Å². The fourth-order valence-corrected chi connectivity index (χ4v) is 3.02. The van der Waals surface area contributed by atoms with Crippen molar-refractivity contribution in [2.45, 2.75) is 33.7 Å². The number of pyridine rings is 1. The molecule has 1 N–H and O–H groups in total. The van der Waals surface area contributed by atoms with E-state index in [0.29, 0.717) is 5.41 Å². The van der Waals surface area contributed by atoms with Gasteiger partial charge >= 0.3 is 0 Å². The van der Waals surface area contributed by atoms with Gasteiger partial charge in [0.15, 0.2) is 0 Å². The molecule has 1 aliphatic heterocycles. The molecule has 1 aliphatic rings. The molecule has 0 spiro atoms. The molecular formula is C16H27N3. The third-order valence-electron chi connectivity index (χ3n) is 4.60. The molecule has 1 unspecified atom stereocenters. The van der Waals surface area contributed by atoms with Gasteiger partial charge in [-0.3, -0.25) is 9.88 Å². The number of hydrogen-bond acceptors (Lipinski definition) is 3. The van der Waals surface area contributed by atoms with E-state index in [4.69, 9.17) is 0 Å². The summed E-state index contributed by atoms with van der Waals surface area (Å²) in [6.07, 6.45) is 3.18. The summed E-state index contributed by atoms with van der Waals surface area (Å²) in [6, 6.07) is 6.18. The SMILES string of the molecule is CCN(Cc1ccccn1)CC1(C(C)C)CCNC1. The van der Waals surface area contributed by atoms with E-state index in [1.807, 2.05) is 12.3 Å². The molecule has 0 aliphatic carbocycles. The summed E-state index contributed by atoms with van der Waals surface area (Å²) in [5, 5.41) is 3.55. The van der Waals surface area contributed by atoms with Crippen molar-refractivity contribution in [3.05, 3.63) is 30.1 Å². The normalized spacial score (nSPS) is 23.4. The van der Waals surface area contributed by atoms with E-state index in [9.17, 15) is 0 Å². The third-order valence-corrected chi connectivity index (χ3v) is 4.60. The summed E-state index contributed by atoms with van der Waals surface area (Å²) in [7, 11) is 0. The molecule has 1 saturated heterocycles. The first-order valence-electron chi connectivity index (χ1n) is 7.49. The maximum Gasteiger partial charge on any atom is 0.0543 e. The molecule has 0 bridgehead atoms. The van der Waals surface area contributed by atoms with Crippen LogP contribution in [0.5, 0.6) is 0 Å². The van der Waals surface area contributed by atoms with Crippen LogP contribution >= 0.6 is 0 Å². The first-order valence-corrected chi connectivity index (χ1v) is 7.49. The zero-order valence-corrected chi connectivity index (χ0v) is 12.5. The Bertz CT molecular complexity index is 369. The predicted molar refractivity (Wildman–Crippen MR) is 79.9 cm³/mol. The van der Waals surface area contributed by atoms with Crippen molar-refractivity contribution in [2.75, 3.05) is 26.2 Å². The Balaban J connectivity index is 2.02. The van der Waals surface area contributed by atoms with Gasteiger partial charge in [0.25, 0.3) is 0 Å². The minimum atomic E-state index is 0.435. The van der Waals surface area contributed by atoms with E-state index >= 15 is 0 Å². The number of rotatable bonds is 6. The molecular weight excluding hydrogens is 234 g/mol. The standard InChI is InChI=1S/C16H27N3/c1-4-19(11-15-7-5-6-9-18-15)13-16(14(2)3)8-10-17-12-16/h5-7,9,14,17H,4,8,10-13H2,1-3H3. The van der Waals surface area contributed by atoms with Gasteiger partial charge in [-0.05, 0) is 43.0 Å². The Kier molecular flexibility index (Phi) is 4.94. The monoisotopic (exact) mass is 261 g/mol. The van der Waals surface area contributed by atoms with Gasteiger partial charge in [0.2, 0.25) is 0 Å². The van der Waals surface area contributed by atoms with Crippen molar-refractivity contribution >= 4 is 0 Å². The van der Waals surface area contributed by atoms with E-state index in [2.05, 4.69) is 48.1 Å². The Morgan fingerprint density at radius 1 is 1.42 bits per heavy atom. The highest BCUT2D eigenvalue weighted by molar-refractivity contribution is 5.04. The second-order valence-electron chi connectivity index (χ2n) is 6.07. The Morgan fingerprint density at radius 3 is 2.79 bits per heavy atom. The summed E-state index contributed by atoms with van der Waals surface area (Å²) in [6.45, 7) is 12.5. The van der Waals surface area contributed by atoms with Crippen molar-refractivity contribution < 1.29 is 0 Å². The minimum Gasteiger partial charge on any atom is -0.316 e. The maximum absolute atomic E-state index is 4.45. The molecule has 0 amide bonds. The van der Waals surface area contributed by atoms with Gasteiger partial charge in [0, 0.05) is 25.8 Å². The summed E-state index contributed by atoms with van der Waals surface area (Å²) < 4.78 is 0. The number of hydrogen-bond donors (Lipinski definition) is 1. The maximum atomic E-state index is 4.45. The molecule has 0 aromatic carbocycles. The molecule has 1 aromatic rings. The van der Waals surface area contributed by atoms with Gasteiger partial charge < -0.3 is 5.32 Å². The summed E-state index contributed by atoms with van der Waals surface area (Å²) in [4.78, 5) is 6.99. The highest BCUT2D eigenvalue weighted by Crippen LogP contribution is 2.35. The summed E-state index contributed by atoms with van der Waals surface area (Å²) in [5.74, 6) is 0.722. The van der Waals surface area contributed by atoms with Gasteiger partial charge in [0.1, 0.15) is 0 Å². The van der Waals surface area contributed by atoms with Crippen molar-refractivity contribution in [3.63, 3.8) is 0 Å². The first-order chi connectivity index (χ1) is 9.16. The molecule has 1 atom stereocenters. The average Bonchev–Trinajstić information content (AvgIpc) is 2.89. The van der Waals surface area contributed by atoms with Gasteiger partial charge in [-0.15, -0.1) is 0 Å². The molecule has 2 rings (SSSR count). The summed E-state index contributed by atoms with van der Waals surface area (Å²) in [5.41, 5.74) is 1.61. The smallest absolute Gasteiger partial charge is 0.0543 e. The van der Waals surface area contributed by atoms with Crippen molar-refractivity contribution in [1.82, 2.24) is 15.2 Å². The molecule has 1 aromatic heterocycles. The molecule has 0 saturated carbocycles. The quantitative estimate of drug-likeness (QED) is 0.853. The Morgan fingerprint density at radius 2 is 2.26 bits per heavy atom. The van der Waals surface area contributed by atoms with Crippen LogP contribution in [0.3, 0.4) is 0 Å². The lowest BCUT2D eigenvalue weighted by molar-refractivity contribution is 0.115. The van der Waals surface area contributed by atoms with Crippen LogP contribution in [0.15, 0.2) is 24.4 Å². The topological polar surface area (TPSA) is 28.2 Å². The van der Waals surface area contributed by atoms with Gasteiger partial charge in [0.05, 0.1) is 5.69 Å². The second kappa shape index (κ2) is 6.49. The van der Waals surface area contributed by atoms with E-state index < -0.39 is 0 Å². The van der Waals surface area contributed by atoms with Crippen molar-refractivity contribution in [3.8, 4) is 0 Å². The number of aromatic nitrogens is 1. The van der Waals surface area contributed by atoms with Crippen molar-refractivity contribution in [1.29, 1.82) is 0 Å². The zero-order chi connectivity index (χ0) is 13.7. The van der Waals surface area contributed by atoms with Gasteiger partial charge in [-0.25, -0.2) is 0 Å². The van der Waals surface area contributed by atoms with E-state index in [0.717, 1.165) is 25.6 Å². The minimum absolute atomic E-state index is 0.435. The second-order valence-corrected chi connectivity index (χ2v) is 6.07. The number of nitrogens with one attached hydrogen (secondary N) is 1. The van der Waals surface area contributed by atoms with E-state index in [1.54, 1.807) is 0 Å². The van der Waals surface area contributed by atoms with Crippen molar-refractivity contribution in [2.24, 2.45) is 11.3 Å². The lowest BCUT2D eigenvalue weighted by atomic mass is 9.76. The van der Waals surface area contributed by atoms with Crippen LogP contribution in [0.1, 0.15) is 32.9 Å². The molecule has 0 radical (unpaired) electrons. The molecule has 19 heavy (non-hydrogen) atoms. The zero-order valence-electron chi connectivity index (χ0n) is 12.5. The van der Waals surface area contributed by atoms with Crippen LogP contribution in [0, 0.1) is 11.3 Å². The Labute approximate surface area is 117 Å². The summed E-state index contributed by atoms with van der Waals surface area (Å²) >= 11 is 0. The largest absolute Gasteiger partial charge is 0.316 e. The molecule has 106 valence electrons. The molecule has 3 nitrogen and oxygen atoms in total. The lowest BCUT2D eigenvalue weighted by Crippen LogP contribution is -2.42. The van der Waals surface area contributed by atoms with Gasteiger partial charge in [-0.2, -0.15) is 0 Å². The molecule has 3 heteroatoms. The van der Waals surface area contributed by atoms with Gasteiger partial charge in [-0.1, -0.05) is 26.8 Å². The highest BCUT2D eigenvalue weighted by Gasteiger charge is 2.38. The first kappa shape index (κ1) is 14.5. The average molecular weight is 261 g/mol. The van der Waals surface area contributed by atoms with Crippen LogP contribution in [0.4, 0.5) is 0 Å². The van der Waals surface area contributed by atoms with E-state index in [-0.39, 0.29) is 0 Å².